The monoisotopic (exact) mass is 420 g/mol. The second-order valence-corrected chi connectivity index (χ2v) is 8.06. The van der Waals surface area contributed by atoms with Gasteiger partial charge < -0.3 is 10.3 Å². The van der Waals surface area contributed by atoms with Gasteiger partial charge in [0.05, 0.1) is 0 Å². The Hall–Kier alpha value is -2.55. The Morgan fingerprint density at radius 2 is 1.61 bits per heavy atom. The molecule has 1 amide bonds. The third kappa shape index (κ3) is 10.9. The molecule has 2 aromatic rings. The highest BCUT2D eigenvalue weighted by Gasteiger charge is 2.04. The normalized spacial score (nSPS) is 12.0. The second-order valence-electron chi connectivity index (χ2n) is 8.06. The third-order valence-electron chi connectivity index (χ3n) is 5.45. The number of hydrogen-bond donors (Lipinski definition) is 2. The van der Waals surface area contributed by atoms with Crippen LogP contribution in [0.3, 0.4) is 0 Å². The van der Waals surface area contributed by atoms with Gasteiger partial charge in [-0.25, -0.2) is 0 Å². The van der Waals surface area contributed by atoms with Crippen molar-refractivity contribution in [3.8, 4) is 0 Å². The lowest BCUT2D eigenvalue weighted by Crippen LogP contribution is -2.25. The molecule has 1 aromatic heterocycles. The fourth-order valence-corrected chi connectivity index (χ4v) is 3.67. The molecule has 0 aliphatic heterocycles. The van der Waals surface area contributed by atoms with E-state index >= 15 is 0 Å². The number of nitrogens with one attached hydrogen (secondary N) is 2. The molecule has 2 N–H and O–H groups in total. The van der Waals surface area contributed by atoms with Crippen molar-refractivity contribution in [2.45, 2.75) is 77.6 Å². The maximum Gasteiger partial charge on any atom is 0.220 e. The van der Waals surface area contributed by atoms with Gasteiger partial charge in [-0.05, 0) is 56.6 Å². The maximum atomic E-state index is 12.0. The van der Waals surface area contributed by atoms with Crippen molar-refractivity contribution < 1.29 is 4.79 Å². The maximum absolute atomic E-state index is 12.0. The van der Waals surface area contributed by atoms with Crippen molar-refractivity contribution in [3.05, 3.63) is 72.5 Å². The molecule has 2 rings (SSSR count). The molecule has 0 saturated heterocycles. The lowest BCUT2D eigenvalue weighted by Gasteiger charge is -2.05. The summed E-state index contributed by atoms with van der Waals surface area (Å²) in [6, 6.07) is 8.30. The van der Waals surface area contributed by atoms with Gasteiger partial charge in [0.1, 0.15) is 0 Å². The van der Waals surface area contributed by atoms with Crippen LogP contribution in [-0.2, 0) is 11.2 Å². The molecule has 1 aromatic carbocycles. The molecule has 0 spiro atoms. The van der Waals surface area contributed by atoms with Gasteiger partial charge in [-0.1, -0.05) is 80.8 Å². The van der Waals surface area contributed by atoms with E-state index in [9.17, 15) is 4.79 Å². The highest BCUT2D eigenvalue weighted by atomic mass is 16.1. The topological polar surface area (TPSA) is 44.9 Å². The fourth-order valence-electron chi connectivity index (χ4n) is 3.67. The number of benzene rings is 1. The number of allylic oxidation sites excluding steroid dienone is 6. The molecule has 0 unspecified atom stereocenters. The highest BCUT2D eigenvalue weighted by Crippen LogP contribution is 2.17. The van der Waals surface area contributed by atoms with Gasteiger partial charge in [0, 0.05) is 30.1 Å². The van der Waals surface area contributed by atoms with Gasteiger partial charge in [-0.3, -0.25) is 4.79 Å². The van der Waals surface area contributed by atoms with Crippen molar-refractivity contribution in [1.29, 1.82) is 0 Å². The number of hydrogen-bond acceptors (Lipinski definition) is 1. The summed E-state index contributed by atoms with van der Waals surface area (Å²) < 4.78 is 0. The van der Waals surface area contributed by atoms with E-state index in [1.165, 1.54) is 30.2 Å². The molecular weight excluding hydrogens is 380 g/mol. The molecule has 0 aliphatic carbocycles. The number of unbranched alkanes of at least 4 members (excludes halogenated alkanes) is 5. The van der Waals surface area contributed by atoms with E-state index < -0.39 is 0 Å². The molecule has 0 aliphatic rings. The molecule has 0 saturated carbocycles. The summed E-state index contributed by atoms with van der Waals surface area (Å²) in [5.74, 6) is 0.181. The Bertz CT molecular complexity index is 828. The quantitative estimate of drug-likeness (QED) is 0.215. The Morgan fingerprint density at radius 3 is 2.45 bits per heavy atom. The van der Waals surface area contributed by atoms with Crippen LogP contribution >= 0.6 is 0 Å². The Morgan fingerprint density at radius 1 is 0.903 bits per heavy atom. The summed E-state index contributed by atoms with van der Waals surface area (Å²) >= 11 is 0. The predicted molar refractivity (Wildman–Crippen MR) is 134 cm³/mol. The second kappa shape index (κ2) is 16.2. The van der Waals surface area contributed by atoms with E-state index in [0.717, 1.165) is 50.5 Å². The number of amides is 1. The van der Waals surface area contributed by atoms with Crippen LogP contribution in [-0.4, -0.2) is 17.4 Å². The van der Waals surface area contributed by atoms with Crippen LogP contribution in [0.4, 0.5) is 0 Å². The van der Waals surface area contributed by atoms with E-state index in [-0.39, 0.29) is 5.91 Å². The Balaban J connectivity index is 1.40. The predicted octanol–water partition coefficient (Wildman–Crippen LogP) is 7.42. The highest BCUT2D eigenvalue weighted by molar-refractivity contribution is 5.83. The smallest absolute Gasteiger partial charge is 0.220 e. The zero-order valence-electron chi connectivity index (χ0n) is 19.2. The van der Waals surface area contributed by atoms with Crippen LogP contribution in [0.5, 0.6) is 0 Å². The Kier molecular flexibility index (Phi) is 12.9. The van der Waals surface area contributed by atoms with Gasteiger partial charge in [0.25, 0.3) is 0 Å². The van der Waals surface area contributed by atoms with E-state index in [1.807, 2.05) is 6.07 Å². The first kappa shape index (κ1) is 24.7. The lowest BCUT2D eigenvalue weighted by molar-refractivity contribution is -0.121. The van der Waals surface area contributed by atoms with E-state index in [4.69, 9.17) is 0 Å². The summed E-state index contributed by atoms with van der Waals surface area (Å²) in [7, 11) is 0. The van der Waals surface area contributed by atoms with Crippen molar-refractivity contribution in [2.75, 3.05) is 6.54 Å². The van der Waals surface area contributed by atoms with E-state index in [1.54, 1.807) is 0 Å². The Labute approximate surface area is 188 Å². The first-order chi connectivity index (χ1) is 15.3. The number of H-pyrrole nitrogens is 1. The molecule has 0 fully saturated rings. The average Bonchev–Trinajstić information content (AvgIpc) is 3.19. The van der Waals surface area contributed by atoms with Crippen LogP contribution in [0.25, 0.3) is 10.9 Å². The van der Waals surface area contributed by atoms with Crippen molar-refractivity contribution >= 4 is 16.8 Å². The first-order valence-corrected chi connectivity index (χ1v) is 12.1. The third-order valence-corrected chi connectivity index (χ3v) is 5.45. The number of carbonyl (C=O) groups is 1. The minimum atomic E-state index is 0.181. The van der Waals surface area contributed by atoms with E-state index in [2.05, 4.69) is 78.1 Å². The number of aromatic amines is 1. The standard InChI is InChI=1S/C28H40N2O/c1-2-3-4-5-6-7-8-9-10-11-12-13-14-15-16-21-28(31)29-23-22-25-24-30-27-20-18-17-19-26(25)27/h3-4,6-7,9-10,17-20,24,30H,2,5,8,11-16,21-23H2,1H3,(H,29,31)/b4-3+,7-6+,10-9+. The zero-order valence-corrected chi connectivity index (χ0v) is 19.2. The van der Waals surface area contributed by atoms with Crippen LogP contribution in [0, 0.1) is 0 Å². The minimum absolute atomic E-state index is 0.181. The van der Waals surface area contributed by atoms with Gasteiger partial charge in [0.15, 0.2) is 0 Å². The number of fused-ring (bicyclic) bond motifs is 1. The van der Waals surface area contributed by atoms with Crippen LogP contribution < -0.4 is 5.32 Å². The molecule has 3 heteroatoms. The first-order valence-electron chi connectivity index (χ1n) is 12.1. The SMILES string of the molecule is CC/C=C/C/C=C/C/C=C/CCCCCCCC(=O)NCCc1c[nH]c2ccccc12. The van der Waals surface area contributed by atoms with Gasteiger partial charge in [-0.15, -0.1) is 0 Å². The molecular formula is C28H40N2O. The summed E-state index contributed by atoms with van der Waals surface area (Å²) in [6.07, 6.45) is 27.3. The van der Waals surface area contributed by atoms with Crippen LogP contribution in [0.2, 0.25) is 0 Å². The molecule has 0 atom stereocenters. The number of carbonyl (C=O) groups excluding carboxylic acids is 1. The molecule has 0 radical (unpaired) electrons. The summed E-state index contributed by atoms with van der Waals surface area (Å²) in [5, 5.41) is 4.32. The van der Waals surface area contributed by atoms with Gasteiger partial charge in [-0.2, -0.15) is 0 Å². The zero-order chi connectivity index (χ0) is 22.0. The molecule has 0 bridgehead atoms. The van der Waals surface area contributed by atoms with Gasteiger partial charge in [0.2, 0.25) is 5.91 Å². The molecule has 168 valence electrons. The number of para-hydroxylation sites is 1. The number of rotatable bonds is 16. The lowest BCUT2D eigenvalue weighted by atomic mass is 10.1. The fraction of sp³-hybridized carbons (Fsp3) is 0.464. The van der Waals surface area contributed by atoms with Crippen molar-refractivity contribution in [2.24, 2.45) is 0 Å². The molecule has 1 heterocycles. The molecule has 31 heavy (non-hydrogen) atoms. The van der Waals surface area contributed by atoms with Crippen LogP contribution in [0.15, 0.2) is 66.9 Å². The summed E-state index contributed by atoms with van der Waals surface area (Å²) in [6.45, 7) is 2.87. The summed E-state index contributed by atoms with van der Waals surface area (Å²) in [4.78, 5) is 15.3. The largest absolute Gasteiger partial charge is 0.361 e. The average molecular weight is 421 g/mol. The van der Waals surface area contributed by atoms with Crippen molar-refractivity contribution in [3.63, 3.8) is 0 Å². The molecule has 3 nitrogen and oxygen atoms in total. The minimum Gasteiger partial charge on any atom is -0.361 e. The summed E-state index contributed by atoms with van der Waals surface area (Å²) in [5.41, 5.74) is 2.43. The van der Waals surface area contributed by atoms with E-state index in [0.29, 0.717) is 13.0 Å². The van der Waals surface area contributed by atoms with Crippen molar-refractivity contribution in [1.82, 2.24) is 10.3 Å². The van der Waals surface area contributed by atoms with Crippen LogP contribution in [0.1, 0.15) is 76.7 Å². The number of aromatic nitrogens is 1. The van der Waals surface area contributed by atoms with Gasteiger partial charge >= 0.3 is 0 Å².